The second-order valence-electron chi connectivity index (χ2n) is 3.09. The standard InChI is InChI=1S/C10H20O5S.Sb/c1-2-9(15-10(12)8-16)7-14-6-5-13-4-3-11;/h9,11,16H,2-8H2,1H3;/q;+3. The monoisotopic (exact) mass is 373 g/mol. The summed E-state index contributed by atoms with van der Waals surface area (Å²) >= 11 is 3.82. The summed E-state index contributed by atoms with van der Waals surface area (Å²) in [5.74, 6) is -0.258. The predicted molar refractivity (Wildman–Crippen MR) is 68.5 cm³/mol. The van der Waals surface area contributed by atoms with Crippen LogP contribution in [0.2, 0.25) is 0 Å². The molecule has 0 saturated carbocycles. The van der Waals surface area contributed by atoms with E-state index in [-0.39, 0.29) is 48.9 Å². The number of carbonyl (C=O) groups excluding carboxylic acids is 1. The molecule has 0 aromatic carbocycles. The number of rotatable bonds is 10. The molecule has 0 aromatic heterocycles. The molecule has 0 aromatic rings. The van der Waals surface area contributed by atoms with Crippen LogP contribution < -0.4 is 0 Å². The minimum Gasteiger partial charge on any atom is -0.459 e. The molecule has 0 aliphatic rings. The predicted octanol–water partition coefficient (Wildman–Crippen LogP) is -0.117. The van der Waals surface area contributed by atoms with Gasteiger partial charge in [0.25, 0.3) is 0 Å². The molecule has 0 spiro atoms. The van der Waals surface area contributed by atoms with Gasteiger partial charge in [0, 0.05) is 0 Å². The zero-order valence-corrected chi connectivity index (χ0v) is 13.4. The van der Waals surface area contributed by atoms with E-state index in [2.05, 4.69) is 12.6 Å². The first-order valence-corrected chi connectivity index (χ1v) is 5.94. The van der Waals surface area contributed by atoms with E-state index in [1.807, 2.05) is 6.92 Å². The summed E-state index contributed by atoms with van der Waals surface area (Å²) in [5, 5.41) is 8.44. The minimum absolute atomic E-state index is 0. The molecule has 98 valence electrons. The molecule has 0 amide bonds. The first-order valence-electron chi connectivity index (χ1n) is 5.31. The van der Waals surface area contributed by atoms with Gasteiger partial charge in [-0.3, -0.25) is 4.79 Å². The Hall–Kier alpha value is 0.518. The summed E-state index contributed by atoms with van der Waals surface area (Å²) in [7, 11) is 0. The number of thiol groups is 1. The van der Waals surface area contributed by atoms with E-state index in [1.165, 1.54) is 0 Å². The van der Waals surface area contributed by atoms with Gasteiger partial charge in [0.05, 0.1) is 38.8 Å². The third kappa shape index (κ3) is 12.8. The quantitative estimate of drug-likeness (QED) is 0.242. The van der Waals surface area contributed by atoms with Gasteiger partial charge in [-0.2, -0.15) is 12.6 Å². The van der Waals surface area contributed by atoms with Gasteiger partial charge in [0.2, 0.25) is 0 Å². The summed E-state index contributed by atoms with van der Waals surface area (Å²) in [6.45, 7) is 3.46. The van der Waals surface area contributed by atoms with Crippen LogP contribution in [0.25, 0.3) is 0 Å². The van der Waals surface area contributed by atoms with Crippen molar-refractivity contribution >= 4 is 43.0 Å². The van der Waals surface area contributed by atoms with Crippen LogP contribution in [0.3, 0.4) is 0 Å². The summed E-state index contributed by atoms with van der Waals surface area (Å²) in [6.07, 6.45) is 0.481. The van der Waals surface area contributed by atoms with E-state index in [9.17, 15) is 4.79 Å². The number of hydrogen-bond acceptors (Lipinski definition) is 6. The number of esters is 1. The van der Waals surface area contributed by atoms with E-state index in [4.69, 9.17) is 19.3 Å². The van der Waals surface area contributed by atoms with Crippen LogP contribution in [-0.4, -0.2) is 80.4 Å². The van der Waals surface area contributed by atoms with E-state index in [0.29, 0.717) is 32.8 Å². The number of ether oxygens (including phenoxy) is 3. The second kappa shape index (κ2) is 14.6. The molecule has 5 nitrogen and oxygen atoms in total. The largest absolute Gasteiger partial charge is 3.00 e. The van der Waals surface area contributed by atoms with Gasteiger partial charge in [0.15, 0.2) is 0 Å². The molecule has 1 atom stereocenters. The van der Waals surface area contributed by atoms with Gasteiger partial charge >= 0.3 is 30.4 Å². The zero-order chi connectivity index (χ0) is 12.2. The van der Waals surface area contributed by atoms with Crippen molar-refractivity contribution in [3.05, 3.63) is 0 Å². The van der Waals surface area contributed by atoms with Gasteiger partial charge in [-0.1, -0.05) is 6.92 Å². The summed E-state index contributed by atoms with van der Waals surface area (Å²) < 4.78 is 15.3. The molecular weight excluding hydrogens is 354 g/mol. The van der Waals surface area contributed by atoms with Crippen LogP contribution in [0.5, 0.6) is 0 Å². The summed E-state index contributed by atoms with van der Waals surface area (Å²) in [6, 6.07) is 0. The third-order valence-electron chi connectivity index (χ3n) is 1.79. The van der Waals surface area contributed by atoms with Crippen molar-refractivity contribution in [1.82, 2.24) is 0 Å². The van der Waals surface area contributed by atoms with Crippen LogP contribution in [0.15, 0.2) is 0 Å². The van der Waals surface area contributed by atoms with Crippen LogP contribution in [0, 0.1) is 0 Å². The van der Waals surface area contributed by atoms with Crippen LogP contribution >= 0.6 is 12.6 Å². The number of aliphatic hydroxyl groups is 1. The first kappa shape index (κ1) is 19.8. The molecule has 0 bridgehead atoms. The molecule has 0 aliphatic heterocycles. The van der Waals surface area contributed by atoms with E-state index in [1.54, 1.807) is 0 Å². The number of hydrogen-bond donors (Lipinski definition) is 2. The minimum atomic E-state index is -0.338. The molecule has 2 radical (unpaired) electrons. The topological polar surface area (TPSA) is 65.0 Å². The molecule has 1 N–H and O–H groups in total. The Morgan fingerprint density at radius 2 is 1.94 bits per heavy atom. The summed E-state index contributed by atoms with van der Waals surface area (Å²) in [4.78, 5) is 10.9. The maximum absolute atomic E-state index is 10.9. The van der Waals surface area contributed by atoms with Crippen LogP contribution in [0.4, 0.5) is 0 Å². The Balaban J connectivity index is 0. The molecule has 0 fully saturated rings. The van der Waals surface area contributed by atoms with E-state index >= 15 is 0 Å². The van der Waals surface area contributed by atoms with Gasteiger partial charge in [-0.05, 0) is 6.42 Å². The molecule has 0 saturated heterocycles. The van der Waals surface area contributed by atoms with E-state index in [0.717, 1.165) is 0 Å². The Morgan fingerprint density at radius 3 is 2.47 bits per heavy atom. The van der Waals surface area contributed by atoms with Gasteiger partial charge in [-0.15, -0.1) is 0 Å². The van der Waals surface area contributed by atoms with Crippen molar-refractivity contribution in [2.45, 2.75) is 19.4 Å². The molecule has 0 rings (SSSR count). The number of carbonyl (C=O) groups is 1. The van der Waals surface area contributed by atoms with Crippen molar-refractivity contribution < 1.29 is 24.1 Å². The Kier molecular flexibility index (Phi) is 17.0. The first-order chi connectivity index (χ1) is 7.74. The normalized spacial score (nSPS) is 11.7. The summed E-state index contributed by atoms with van der Waals surface area (Å²) in [5.41, 5.74) is 0. The Bertz CT molecular complexity index is 182. The smallest absolute Gasteiger partial charge is 0.459 e. The van der Waals surface area contributed by atoms with Crippen molar-refractivity contribution in [2.75, 3.05) is 38.8 Å². The fourth-order valence-electron chi connectivity index (χ4n) is 0.958. The SMILES string of the molecule is CCC(COCCOCCO)OC(=O)CS.[Sb+3]. The molecule has 1 unspecified atom stereocenters. The second-order valence-corrected chi connectivity index (χ2v) is 3.41. The fraction of sp³-hybridized carbons (Fsp3) is 0.900. The zero-order valence-electron chi connectivity index (χ0n) is 10.0. The fourth-order valence-corrected chi connectivity index (χ4v) is 1.03. The van der Waals surface area contributed by atoms with Crippen LogP contribution in [0.1, 0.15) is 13.3 Å². The Morgan fingerprint density at radius 1 is 1.29 bits per heavy atom. The maximum Gasteiger partial charge on any atom is 3.00 e. The van der Waals surface area contributed by atoms with Crippen molar-refractivity contribution in [3.63, 3.8) is 0 Å². The number of aliphatic hydroxyl groups excluding tert-OH is 1. The average Bonchev–Trinajstić information content (AvgIpc) is 2.31. The van der Waals surface area contributed by atoms with Crippen molar-refractivity contribution in [2.24, 2.45) is 0 Å². The van der Waals surface area contributed by atoms with Crippen molar-refractivity contribution in [3.8, 4) is 0 Å². The Labute approximate surface area is 125 Å². The van der Waals surface area contributed by atoms with E-state index < -0.39 is 0 Å². The molecule has 0 aliphatic carbocycles. The van der Waals surface area contributed by atoms with Gasteiger partial charge in [-0.25, -0.2) is 0 Å². The van der Waals surface area contributed by atoms with Gasteiger partial charge in [0.1, 0.15) is 6.10 Å². The molecule has 17 heavy (non-hydrogen) atoms. The average molecular weight is 374 g/mol. The molecular formula is C10H20O5SSb+3. The maximum atomic E-state index is 10.9. The van der Waals surface area contributed by atoms with Crippen molar-refractivity contribution in [1.29, 1.82) is 0 Å². The van der Waals surface area contributed by atoms with Crippen LogP contribution in [-0.2, 0) is 19.0 Å². The molecule has 0 heterocycles. The molecule has 7 heteroatoms. The van der Waals surface area contributed by atoms with Gasteiger partial charge < -0.3 is 19.3 Å². The third-order valence-corrected chi connectivity index (χ3v) is 2.05.